The lowest BCUT2D eigenvalue weighted by Crippen LogP contribution is -2.65. The Morgan fingerprint density at radius 1 is 1.00 bits per heavy atom. The summed E-state index contributed by atoms with van der Waals surface area (Å²) in [4.78, 5) is 29.2. The average molecular weight is 448 g/mol. The number of nitrogens with zero attached hydrogens (tertiary/aromatic N) is 2. The lowest BCUT2D eigenvalue weighted by atomic mass is 9.91. The summed E-state index contributed by atoms with van der Waals surface area (Å²) in [5.74, 6) is -0.915. The molecule has 1 N–H and O–H groups in total. The summed E-state index contributed by atoms with van der Waals surface area (Å²) in [6.45, 7) is 2.10. The topological polar surface area (TPSA) is 54.3 Å². The van der Waals surface area contributed by atoms with Crippen molar-refractivity contribution in [3.05, 3.63) is 66.1 Å². The third-order valence-electron chi connectivity index (χ3n) is 7.19. The summed E-state index contributed by atoms with van der Waals surface area (Å²) in [5, 5.41) is 4.21. The molecule has 1 aliphatic heterocycles. The van der Waals surface area contributed by atoms with E-state index in [2.05, 4.69) is 5.32 Å². The van der Waals surface area contributed by atoms with Gasteiger partial charge < -0.3 is 9.88 Å². The molecule has 6 heteroatoms. The van der Waals surface area contributed by atoms with Crippen molar-refractivity contribution >= 4 is 28.4 Å². The Labute approximate surface area is 193 Å². The van der Waals surface area contributed by atoms with Crippen LogP contribution in [0.1, 0.15) is 62.4 Å². The minimum Gasteiger partial charge on any atom is -0.351 e. The highest BCUT2D eigenvalue weighted by Gasteiger charge is 2.49. The third-order valence-corrected chi connectivity index (χ3v) is 7.19. The maximum atomic E-state index is 14.2. The molecule has 0 saturated heterocycles. The van der Waals surface area contributed by atoms with Crippen molar-refractivity contribution in [3.63, 3.8) is 0 Å². The molecule has 2 aliphatic rings. The van der Waals surface area contributed by atoms with Crippen LogP contribution in [0.3, 0.4) is 0 Å². The van der Waals surface area contributed by atoms with E-state index >= 15 is 0 Å². The van der Waals surface area contributed by atoms with E-state index in [1.54, 1.807) is 19.1 Å². The Balaban J connectivity index is 1.57. The molecule has 0 unspecified atom stereocenters. The fourth-order valence-corrected chi connectivity index (χ4v) is 5.41. The van der Waals surface area contributed by atoms with Gasteiger partial charge in [0.05, 0.1) is 6.54 Å². The molecular formula is C27H30FN3O2. The monoisotopic (exact) mass is 447 g/mol. The van der Waals surface area contributed by atoms with Gasteiger partial charge in [-0.2, -0.15) is 0 Å². The predicted molar refractivity (Wildman–Crippen MR) is 128 cm³/mol. The molecule has 2 heterocycles. The second kappa shape index (κ2) is 8.65. The molecule has 0 bridgehead atoms. The Hall–Kier alpha value is -3.15. The molecule has 0 radical (unpaired) electrons. The van der Waals surface area contributed by atoms with Gasteiger partial charge in [0.1, 0.15) is 17.1 Å². The maximum Gasteiger partial charge on any atom is 0.275 e. The number of carbonyl (C=O) groups excluding carboxylic acids is 2. The van der Waals surface area contributed by atoms with Crippen LogP contribution in [0.25, 0.3) is 10.9 Å². The lowest BCUT2D eigenvalue weighted by molar-refractivity contribution is -0.127. The first-order valence-corrected chi connectivity index (χ1v) is 12.0. The zero-order valence-electron chi connectivity index (χ0n) is 19.0. The minimum absolute atomic E-state index is 0.0990. The quantitative estimate of drug-likeness (QED) is 0.582. The molecule has 1 aliphatic carbocycles. The van der Waals surface area contributed by atoms with E-state index in [0.29, 0.717) is 17.9 Å². The molecule has 1 atom stereocenters. The number of halogens is 1. The van der Waals surface area contributed by atoms with E-state index in [0.717, 1.165) is 36.6 Å². The van der Waals surface area contributed by atoms with Crippen LogP contribution in [0, 0.1) is 5.82 Å². The summed E-state index contributed by atoms with van der Waals surface area (Å²) in [6.07, 6.45) is 7.73. The normalized spacial score (nSPS) is 22.0. The number of carbonyl (C=O) groups is 2. The highest BCUT2D eigenvalue weighted by molar-refractivity contribution is 6.14. The number of amides is 2. The van der Waals surface area contributed by atoms with Gasteiger partial charge in [0.25, 0.3) is 5.91 Å². The van der Waals surface area contributed by atoms with Crippen LogP contribution in [0.15, 0.2) is 54.6 Å². The van der Waals surface area contributed by atoms with Gasteiger partial charge in [-0.15, -0.1) is 0 Å². The van der Waals surface area contributed by atoms with Gasteiger partial charge >= 0.3 is 0 Å². The van der Waals surface area contributed by atoms with Crippen molar-refractivity contribution in [2.75, 3.05) is 4.90 Å². The molecule has 33 heavy (non-hydrogen) atoms. The van der Waals surface area contributed by atoms with Crippen molar-refractivity contribution in [1.82, 2.24) is 9.88 Å². The summed E-state index contributed by atoms with van der Waals surface area (Å²) in [6, 6.07) is 15.7. The standard InChI is InChI=1S/C27H30FN3O2/c1-27(26(33)29-21-12-5-3-2-4-6-13-21)18-30-23-15-8-7-10-19(23)16-24(30)25(32)31(27)22-14-9-11-20(28)17-22/h7-11,14-17,21H,2-6,12-13,18H2,1H3,(H,29,33)/t27-/m0/s1. The summed E-state index contributed by atoms with van der Waals surface area (Å²) in [7, 11) is 0. The molecule has 2 aromatic carbocycles. The molecular weight excluding hydrogens is 417 g/mol. The zero-order valence-corrected chi connectivity index (χ0v) is 19.0. The summed E-state index contributed by atoms with van der Waals surface area (Å²) >= 11 is 0. The molecule has 0 spiro atoms. The third kappa shape index (κ3) is 3.92. The number of anilines is 1. The average Bonchev–Trinajstić information content (AvgIpc) is 3.14. The van der Waals surface area contributed by atoms with Gasteiger partial charge in [0.2, 0.25) is 5.91 Å². The van der Waals surface area contributed by atoms with Crippen molar-refractivity contribution in [2.24, 2.45) is 0 Å². The highest BCUT2D eigenvalue weighted by Crippen LogP contribution is 2.36. The Bertz CT molecular complexity index is 1200. The number of para-hydroxylation sites is 1. The Morgan fingerprint density at radius 2 is 1.73 bits per heavy atom. The second-order valence-electron chi connectivity index (χ2n) is 9.58. The number of hydrogen-bond acceptors (Lipinski definition) is 2. The van der Waals surface area contributed by atoms with Crippen LogP contribution in [-0.4, -0.2) is 28.0 Å². The summed E-state index contributed by atoms with van der Waals surface area (Å²) in [5.41, 5.74) is 0.635. The van der Waals surface area contributed by atoms with E-state index < -0.39 is 11.4 Å². The molecule has 172 valence electrons. The van der Waals surface area contributed by atoms with Gasteiger partial charge in [-0.3, -0.25) is 14.5 Å². The molecule has 1 aromatic heterocycles. The van der Waals surface area contributed by atoms with Gasteiger partial charge in [-0.05, 0) is 50.1 Å². The van der Waals surface area contributed by atoms with Crippen LogP contribution in [0.5, 0.6) is 0 Å². The molecule has 1 fully saturated rings. The second-order valence-corrected chi connectivity index (χ2v) is 9.58. The van der Waals surface area contributed by atoms with E-state index in [-0.39, 0.29) is 17.9 Å². The zero-order chi connectivity index (χ0) is 23.0. The molecule has 3 aromatic rings. The molecule has 1 saturated carbocycles. The Kier molecular flexibility index (Phi) is 5.69. The van der Waals surface area contributed by atoms with Crippen LogP contribution in [0.2, 0.25) is 0 Å². The SMILES string of the molecule is C[C@@]1(C(=O)NC2CCCCCCC2)Cn2c(cc3ccccc32)C(=O)N1c1cccc(F)c1. The number of hydrogen-bond donors (Lipinski definition) is 1. The van der Waals surface area contributed by atoms with E-state index in [1.165, 1.54) is 36.3 Å². The van der Waals surface area contributed by atoms with E-state index in [4.69, 9.17) is 0 Å². The maximum absolute atomic E-state index is 14.2. The first-order chi connectivity index (χ1) is 16.0. The highest BCUT2D eigenvalue weighted by atomic mass is 19.1. The van der Waals surface area contributed by atoms with Crippen LogP contribution < -0.4 is 10.2 Å². The van der Waals surface area contributed by atoms with Crippen molar-refractivity contribution in [3.8, 4) is 0 Å². The predicted octanol–water partition coefficient (Wildman–Crippen LogP) is 5.43. The van der Waals surface area contributed by atoms with Gasteiger partial charge in [0, 0.05) is 22.6 Å². The fourth-order valence-electron chi connectivity index (χ4n) is 5.41. The molecule has 2 amide bonds. The largest absolute Gasteiger partial charge is 0.351 e. The van der Waals surface area contributed by atoms with Crippen molar-refractivity contribution in [1.29, 1.82) is 0 Å². The van der Waals surface area contributed by atoms with Crippen molar-refractivity contribution < 1.29 is 14.0 Å². The number of fused-ring (bicyclic) bond motifs is 3. The minimum atomic E-state index is -1.19. The number of nitrogens with one attached hydrogen (secondary N) is 1. The molecule has 5 nitrogen and oxygen atoms in total. The van der Waals surface area contributed by atoms with Gasteiger partial charge in [-0.1, -0.05) is 56.4 Å². The van der Waals surface area contributed by atoms with E-state index in [9.17, 15) is 14.0 Å². The van der Waals surface area contributed by atoms with Gasteiger partial charge in [-0.25, -0.2) is 4.39 Å². The van der Waals surface area contributed by atoms with Crippen LogP contribution in [-0.2, 0) is 11.3 Å². The molecule has 5 rings (SSSR count). The van der Waals surface area contributed by atoms with Crippen LogP contribution >= 0.6 is 0 Å². The number of rotatable bonds is 3. The first kappa shape index (κ1) is 21.7. The Morgan fingerprint density at radius 3 is 2.48 bits per heavy atom. The summed E-state index contributed by atoms with van der Waals surface area (Å²) < 4.78 is 16.1. The van der Waals surface area contributed by atoms with Crippen molar-refractivity contribution in [2.45, 2.75) is 70.0 Å². The van der Waals surface area contributed by atoms with Gasteiger partial charge in [0.15, 0.2) is 0 Å². The number of benzene rings is 2. The van der Waals surface area contributed by atoms with Crippen LogP contribution in [0.4, 0.5) is 10.1 Å². The fraction of sp³-hybridized carbons (Fsp3) is 0.407. The van der Waals surface area contributed by atoms with E-state index in [1.807, 2.05) is 34.9 Å². The lowest BCUT2D eigenvalue weighted by Gasteiger charge is -2.44. The first-order valence-electron chi connectivity index (χ1n) is 12.0. The smallest absolute Gasteiger partial charge is 0.275 e. The number of aromatic nitrogens is 1.